The molecule has 10 nitrogen and oxygen atoms in total. The van der Waals surface area contributed by atoms with Gasteiger partial charge < -0.3 is 20.1 Å². The fraction of sp³-hybridized carbons (Fsp3) is 0.375. The highest BCUT2D eigenvalue weighted by atomic mass is 32.1. The molecule has 4 atom stereocenters. The topological polar surface area (TPSA) is 138 Å². The second-order valence-corrected chi connectivity index (χ2v) is 7.41. The van der Waals surface area contributed by atoms with Crippen LogP contribution in [-0.2, 0) is 4.74 Å². The highest BCUT2D eigenvalue weighted by Gasteiger charge is 2.44. The summed E-state index contributed by atoms with van der Waals surface area (Å²) in [6.07, 6.45) is 0.269. The Bertz CT molecular complexity index is 973. The zero-order valence-corrected chi connectivity index (χ0v) is 15.1. The summed E-state index contributed by atoms with van der Waals surface area (Å²) >= 11 is 1.62. The van der Waals surface area contributed by atoms with Gasteiger partial charge in [0, 0.05) is 9.75 Å². The number of ether oxygens (including phenoxy) is 1. The van der Waals surface area contributed by atoms with E-state index in [9.17, 15) is 15.3 Å². The van der Waals surface area contributed by atoms with E-state index in [0.29, 0.717) is 17.0 Å². The Labute approximate surface area is 157 Å². The molecule has 4 heterocycles. The number of aromatic nitrogens is 4. The van der Waals surface area contributed by atoms with Crippen LogP contribution < -0.4 is 5.43 Å². The van der Waals surface area contributed by atoms with Crippen molar-refractivity contribution in [3.63, 3.8) is 0 Å². The summed E-state index contributed by atoms with van der Waals surface area (Å²) in [7, 11) is 0. The number of hydrogen-bond donors (Lipinski definition) is 4. The molecule has 27 heavy (non-hydrogen) atoms. The molecule has 1 saturated heterocycles. The van der Waals surface area contributed by atoms with Crippen molar-refractivity contribution in [1.29, 1.82) is 0 Å². The molecular weight excluding hydrogens is 372 g/mol. The molecule has 3 aromatic rings. The fourth-order valence-corrected chi connectivity index (χ4v) is 3.66. The van der Waals surface area contributed by atoms with E-state index in [-0.39, 0.29) is 0 Å². The van der Waals surface area contributed by atoms with Gasteiger partial charge in [-0.1, -0.05) is 0 Å². The van der Waals surface area contributed by atoms with Crippen LogP contribution in [0.25, 0.3) is 11.2 Å². The van der Waals surface area contributed by atoms with Gasteiger partial charge in [-0.3, -0.25) is 9.99 Å². The number of aliphatic hydroxyl groups is 3. The molecule has 0 spiro atoms. The summed E-state index contributed by atoms with van der Waals surface area (Å²) in [6, 6.07) is 3.98. The van der Waals surface area contributed by atoms with Gasteiger partial charge in [-0.25, -0.2) is 15.0 Å². The van der Waals surface area contributed by atoms with E-state index in [2.05, 4.69) is 25.5 Å². The molecule has 0 aromatic carbocycles. The lowest BCUT2D eigenvalue weighted by Crippen LogP contribution is -2.33. The molecule has 142 valence electrons. The molecule has 0 radical (unpaired) electrons. The monoisotopic (exact) mass is 390 g/mol. The largest absolute Gasteiger partial charge is 0.394 e. The van der Waals surface area contributed by atoms with Crippen molar-refractivity contribution in [2.24, 2.45) is 5.10 Å². The summed E-state index contributed by atoms with van der Waals surface area (Å²) in [5.74, 6) is 0.398. The van der Waals surface area contributed by atoms with E-state index in [1.165, 1.54) is 22.1 Å². The van der Waals surface area contributed by atoms with Crippen molar-refractivity contribution in [3.8, 4) is 0 Å². The maximum Gasteiger partial charge on any atom is 0.177 e. The number of fused-ring (bicyclic) bond motifs is 1. The minimum Gasteiger partial charge on any atom is -0.394 e. The number of nitrogens with one attached hydrogen (secondary N) is 1. The van der Waals surface area contributed by atoms with Gasteiger partial charge >= 0.3 is 0 Å². The SMILES string of the molecule is Cc1ccc(/C=N/Nc2ncnc3c2ncn3C2O[C@H](CO)[C@@H](O)[C@H]2O)s1. The first-order valence-corrected chi connectivity index (χ1v) is 9.05. The van der Waals surface area contributed by atoms with Crippen LogP contribution >= 0.6 is 11.3 Å². The highest BCUT2D eigenvalue weighted by molar-refractivity contribution is 7.13. The number of thiophene rings is 1. The van der Waals surface area contributed by atoms with E-state index in [0.717, 1.165) is 4.88 Å². The third-order valence-electron chi connectivity index (χ3n) is 4.27. The van der Waals surface area contributed by atoms with Gasteiger partial charge in [0.15, 0.2) is 23.2 Å². The molecule has 0 bridgehead atoms. The number of aliphatic hydroxyl groups excluding tert-OH is 3. The number of hydrogen-bond acceptors (Lipinski definition) is 10. The lowest BCUT2D eigenvalue weighted by Gasteiger charge is -2.16. The summed E-state index contributed by atoms with van der Waals surface area (Å²) in [5, 5.41) is 33.6. The first-order valence-electron chi connectivity index (χ1n) is 8.24. The Kier molecular flexibility index (Phi) is 4.85. The van der Waals surface area contributed by atoms with E-state index in [1.807, 2.05) is 19.1 Å². The van der Waals surface area contributed by atoms with Crippen molar-refractivity contribution in [2.45, 2.75) is 31.5 Å². The molecule has 3 aromatic heterocycles. The van der Waals surface area contributed by atoms with Crippen LogP contribution in [0.2, 0.25) is 0 Å². The number of hydrazone groups is 1. The molecular formula is C16H18N6O4S. The van der Waals surface area contributed by atoms with E-state index in [4.69, 9.17) is 4.74 Å². The maximum atomic E-state index is 10.2. The molecule has 4 rings (SSSR count). The Morgan fingerprint density at radius 3 is 2.85 bits per heavy atom. The molecule has 1 aliphatic rings. The standard InChI is InChI=1S/C16H18N6O4S/c1-8-2-3-9(27-8)4-20-21-14-11-15(18-6-17-14)22(7-19-11)16-13(25)12(24)10(5-23)26-16/h2-4,6-7,10,12-13,16,23-25H,5H2,1H3,(H,17,18,21)/b20-4+/t10-,12-,13-,16?/m1/s1. The second-order valence-electron chi connectivity index (χ2n) is 6.09. The van der Waals surface area contributed by atoms with Crippen LogP contribution in [0.1, 0.15) is 16.0 Å². The number of nitrogens with zero attached hydrogens (tertiary/aromatic N) is 5. The molecule has 1 fully saturated rings. The molecule has 11 heteroatoms. The Morgan fingerprint density at radius 1 is 1.30 bits per heavy atom. The van der Waals surface area contributed by atoms with Gasteiger partial charge in [0.05, 0.1) is 19.1 Å². The maximum absolute atomic E-state index is 10.2. The van der Waals surface area contributed by atoms with Crippen LogP contribution in [0.15, 0.2) is 29.9 Å². The number of imidazole rings is 1. The Hall–Kier alpha value is -2.44. The van der Waals surface area contributed by atoms with Gasteiger partial charge in [0.2, 0.25) is 0 Å². The third kappa shape index (κ3) is 3.31. The number of rotatable bonds is 5. The zero-order chi connectivity index (χ0) is 19.0. The molecule has 4 N–H and O–H groups in total. The van der Waals surface area contributed by atoms with E-state index >= 15 is 0 Å². The minimum absolute atomic E-state index is 0.398. The van der Waals surface area contributed by atoms with Crippen molar-refractivity contribution in [2.75, 3.05) is 12.0 Å². The van der Waals surface area contributed by atoms with Gasteiger partial charge in [-0.05, 0) is 19.1 Å². The molecule has 0 aliphatic carbocycles. The van der Waals surface area contributed by atoms with Crippen molar-refractivity contribution >= 4 is 34.5 Å². The van der Waals surface area contributed by atoms with Crippen LogP contribution in [0.5, 0.6) is 0 Å². The quantitative estimate of drug-likeness (QED) is 0.359. The van der Waals surface area contributed by atoms with E-state index < -0.39 is 31.1 Å². The lowest BCUT2D eigenvalue weighted by atomic mass is 10.1. The average molecular weight is 390 g/mol. The summed E-state index contributed by atoms with van der Waals surface area (Å²) in [6.45, 7) is 1.62. The minimum atomic E-state index is -1.22. The van der Waals surface area contributed by atoms with Gasteiger partial charge in [-0.2, -0.15) is 5.10 Å². The Morgan fingerprint density at radius 2 is 2.15 bits per heavy atom. The van der Waals surface area contributed by atoms with Gasteiger partial charge in [0.1, 0.15) is 24.6 Å². The van der Waals surface area contributed by atoms with Crippen LogP contribution in [0, 0.1) is 6.92 Å². The van der Waals surface area contributed by atoms with Gasteiger partial charge in [-0.15, -0.1) is 11.3 Å². The predicted octanol–water partition coefficient (Wildman–Crippen LogP) is 0.254. The second kappa shape index (κ2) is 7.29. The normalized spacial score (nSPS) is 25.6. The lowest BCUT2D eigenvalue weighted by molar-refractivity contribution is -0.0511. The van der Waals surface area contributed by atoms with Crippen molar-refractivity contribution in [1.82, 2.24) is 19.5 Å². The zero-order valence-electron chi connectivity index (χ0n) is 14.3. The van der Waals surface area contributed by atoms with Crippen LogP contribution in [-0.4, -0.2) is 66.0 Å². The molecule has 1 unspecified atom stereocenters. The summed E-state index contributed by atoms with van der Waals surface area (Å²) in [4.78, 5) is 14.8. The highest BCUT2D eigenvalue weighted by Crippen LogP contribution is 2.32. The van der Waals surface area contributed by atoms with Gasteiger partial charge in [0.25, 0.3) is 0 Å². The number of anilines is 1. The molecule has 0 amide bonds. The van der Waals surface area contributed by atoms with Crippen molar-refractivity contribution in [3.05, 3.63) is 34.5 Å². The first-order chi connectivity index (χ1) is 13.1. The number of aryl methyl sites for hydroxylation is 1. The van der Waals surface area contributed by atoms with Crippen LogP contribution in [0.3, 0.4) is 0 Å². The van der Waals surface area contributed by atoms with Crippen LogP contribution in [0.4, 0.5) is 5.82 Å². The summed E-state index contributed by atoms with van der Waals surface area (Å²) in [5.41, 5.74) is 3.69. The fourth-order valence-electron chi connectivity index (χ4n) is 2.91. The molecule has 0 saturated carbocycles. The van der Waals surface area contributed by atoms with Crippen molar-refractivity contribution < 1.29 is 20.1 Å². The smallest absolute Gasteiger partial charge is 0.177 e. The first kappa shape index (κ1) is 17.9. The molecule has 1 aliphatic heterocycles. The summed E-state index contributed by atoms with van der Waals surface area (Å²) < 4.78 is 7.03. The Balaban J connectivity index is 1.59. The predicted molar refractivity (Wildman–Crippen MR) is 98.6 cm³/mol. The van der Waals surface area contributed by atoms with E-state index in [1.54, 1.807) is 17.6 Å². The average Bonchev–Trinajstić information content (AvgIpc) is 3.35. The third-order valence-corrected chi connectivity index (χ3v) is 5.21.